The highest BCUT2D eigenvalue weighted by Crippen LogP contribution is 2.35. The lowest BCUT2D eigenvalue weighted by Crippen LogP contribution is -2.14. The molecule has 0 fully saturated rings. The Morgan fingerprint density at radius 1 is 1.33 bits per heavy atom. The van der Waals surface area contributed by atoms with Crippen molar-refractivity contribution in [1.29, 1.82) is 5.41 Å². The average molecular weight is 433 g/mol. The van der Waals surface area contributed by atoms with Crippen molar-refractivity contribution in [3.05, 3.63) is 82.3 Å². The van der Waals surface area contributed by atoms with Gasteiger partial charge in [-0.05, 0) is 67.2 Å². The summed E-state index contributed by atoms with van der Waals surface area (Å²) < 4.78 is 41.3. The van der Waals surface area contributed by atoms with Gasteiger partial charge in [-0.15, -0.1) is 0 Å². The number of aromatic nitrogens is 1. The summed E-state index contributed by atoms with van der Waals surface area (Å²) in [5, 5.41) is 12.6. The van der Waals surface area contributed by atoms with E-state index in [9.17, 15) is 13.2 Å². The van der Waals surface area contributed by atoms with Gasteiger partial charge in [0.2, 0.25) is 0 Å². The first-order chi connectivity index (χ1) is 14.5. The zero-order valence-corrected chi connectivity index (χ0v) is 17.3. The van der Waals surface area contributed by atoms with Crippen LogP contribution in [0.15, 0.2) is 70.9 Å². The van der Waals surface area contributed by atoms with Crippen LogP contribution >= 0.6 is 11.9 Å². The first-order valence-electron chi connectivity index (χ1n) is 9.47. The standard InChI is InChI=1S/C22H23F3N4S/c1-27-12-15-9-21(19-7-2-3-8-20(19)23)29(14-15)30-18-6-4-5-16(10-18)17(11-26)13-28-22(24)25/h2-3,5,7-11,13-14,22,26-28H,4,6,12H2,1H3/b17-13+,26-11?. The molecule has 1 aromatic carbocycles. The number of benzene rings is 1. The molecule has 8 heteroatoms. The van der Waals surface area contributed by atoms with E-state index in [0.29, 0.717) is 23.3 Å². The summed E-state index contributed by atoms with van der Waals surface area (Å²) in [6.45, 7) is -2.03. The highest BCUT2D eigenvalue weighted by atomic mass is 32.2. The van der Waals surface area contributed by atoms with Gasteiger partial charge in [-0.25, -0.2) is 4.39 Å². The van der Waals surface area contributed by atoms with E-state index in [2.05, 4.69) is 5.32 Å². The van der Waals surface area contributed by atoms with Crippen molar-refractivity contribution >= 4 is 18.2 Å². The number of halogens is 3. The first-order valence-corrected chi connectivity index (χ1v) is 10.2. The van der Waals surface area contributed by atoms with E-state index in [1.807, 2.05) is 40.8 Å². The van der Waals surface area contributed by atoms with Crippen LogP contribution in [0.2, 0.25) is 0 Å². The number of nitrogens with zero attached hydrogens (tertiary/aromatic N) is 1. The molecule has 1 aliphatic rings. The zero-order chi connectivity index (χ0) is 21.5. The van der Waals surface area contributed by atoms with Crippen LogP contribution in [0.5, 0.6) is 0 Å². The molecule has 0 saturated carbocycles. The molecule has 0 bridgehead atoms. The van der Waals surface area contributed by atoms with Crippen molar-refractivity contribution in [2.75, 3.05) is 7.05 Å². The molecule has 3 rings (SSSR count). The second kappa shape index (κ2) is 10.4. The van der Waals surface area contributed by atoms with Crippen LogP contribution in [0.4, 0.5) is 13.2 Å². The summed E-state index contributed by atoms with van der Waals surface area (Å²) in [6.07, 6.45) is 9.49. The molecule has 0 amide bonds. The van der Waals surface area contributed by atoms with Gasteiger partial charge in [0.15, 0.2) is 0 Å². The molecule has 30 heavy (non-hydrogen) atoms. The lowest BCUT2D eigenvalue weighted by molar-refractivity contribution is 0.125. The zero-order valence-electron chi connectivity index (χ0n) is 16.5. The summed E-state index contributed by atoms with van der Waals surface area (Å²) in [5.41, 5.74) is 3.38. The van der Waals surface area contributed by atoms with Crippen LogP contribution < -0.4 is 10.6 Å². The summed E-state index contributed by atoms with van der Waals surface area (Å²) in [4.78, 5) is 1.00. The third kappa shape index (κ3) is 5.46. The van der Waals surface area contributed by atoms with Gasteiger partial charge in [0.05, 0.1) is 5.69 Å². The Balaban J connectivity index is 1.91. The van der Waals surface area contributed by atoms with Crippen LogP contribution in [0.1, 0.15) is 18.4 Å². The van der Waals surface area contributed by atoms with Crippen LogP contribution in [0.3, 0.4) is 0 Å². The van der Waals surface area contributed by atoms with Crippen molar-refractivity contribution in [3.8, 4) is 11.3 Å². The van der Waals surface area contributed by atoms with E-state index >= 15 is 0 Å². The third-order valence-corrected chi connectivity index (χ3v) is 5.57. The Hall–Kier alpha value is -2.71. The smallest absolute Gasteiger partial charge is 0.312 e. The highest BCUT2D eigenvalue weighted by Gasteiger charge is 2.16. The van der Waals surface area contributed by atoms with Gasteiger partial charge < -0.3 is 16.0 Å². The van der Waals surface area contributed by atoms with E-state index in [-0.39, 0.29) is 5.82 Å². The lowest BCUT2D eigenvalue weighted by Gasteiger charge is -2.16. The van der Waals surface area contributed by atoms with Crippen molar-refractivity contribution in [2.24, 2.45) is 0 Å². The SMILES string of the molecule is CNCc1cc(-c2ccccc2F)n(SC2=CC(/C(C=N)=C/NC(F)F)=CCC2)c1. The quantitative estimate of drug-likeness (QED) is 0.364. The number of alkyl halides is 2. The van der Waals surface area contributed by atoms with E-state index in [0.717, 1.165) is 41.4 Å². The van der Waals surface area contributed by atoms with Gasteiger partial charge in [-0.2, -0.15) is 8.78 Å². The predicted molar refractivity (Wildman–Crippen MR) is 117 cm³/mol. The Kier molecular flexibility index (Phi) is 7.59. The fourth-order valence-corrected chi connectivity index (χ4v) is 4.25. The van der Waals surface area contributed by atoms with Crippen molar-refractivity contribution in [3.63, 3.8) is 0 Å². The summed E-state index contributed by atoms with van der Waals surface area (Å²) >= 11 is 1.47. The Labute approximate surface area is 178 Å². The molecule has 1 aliphatic carbocycles. The second-order valence-electron chi connectivity index (χ2n) is 6.68. The minimum atomic E-state index is -2.68. The molecular weight excluding hydrogens is 409 g/mol. The van der Waals surface area contributed by atoms with Gasteiger partial charge in [0.1, 0.15) is 5.82 Å². The second-order valence-corrected chi connectivity index (χ2v) is 7.78. The molecular formula is C22H23F3N4S. The van der Waals surface area contributed by atoms with Gasteiger partial charge in [-0.1, -0.05) is 18.2 Å². The molecule has 0 aliphatic heterocycles. The summed E-state index contributed by atoms with van der Waals surface area (Å²) in [6, 6.07) is 8.60. The molecule has 2 aromatic rings. The number of rotatable bonds is 9. The maximum atomic E-state index is 14.4. The highest BCUT2D eigenvalue weighted by molar-refractivity contribution is 8.01. The number of hydrogen-bond acceptors (Lipinski definition) is 4. The van der Waals surface area contributed by atoms with Gasteiger partial charge in [0.25, 0.3) is 0 Å². The fourth-order valence-electron chi connectivity index (χ4n) is 3.17. The van der Waals surface area contributed by atoms with E-state index in [4.69, 9.17) is 5.41 Å². The summed E-state index contributed by atoms with van der Waals surface area (Å²) in [5.74, 6) is -0.293. The number of hydrogen-bond donors (Lipinski definition) is 3. The van der Waals surface area contributed by atoms with Gasteiger partial charge in [-0.3, -0.25) is 3.97 Å². The maximum absolute atomic E-state index is 14.4. The maximum Gasteiger partial charge on any atom is 0.312 e. The Bertz CT molecular complexity index is 992. The molecule has 0 unspecified atom stereocenters. The van der Waals surface area contributed by atoms with Crippen molar-refractivity contribution < 1.29 is 13.2 Å². The summed E-state index contributed by atoms with van der Waals surface area (Å²) in [7, 11) is 1.85. The molecule has 1 aromatic heterocycles. The third-order valence-electron chi connectivity index (χ3n) is 4.51. The topological polar surface area (TPSA) is 52.8 Å². The molecule has 4 nitrogen and oxygen atoms in total. The minimum absolute atomic E-state index is 0.293. The van der Waals surface area contributed by atoms with E-state index in [1.165, 1.54) is 18.0 Å². The molecule has 0 atom stereocenters. The molecule has 0 radical (unpaired) electrons. The normalized spacial score (nSPS) is 14.5. The molecule has 158 valence electrons. The van der Waals surface area contributed by atoms with Crippen LogP contribution in [-0.2, 0) is 6.54 Å². The van der Waals surface area contributed by atoms with E-state index in [1.54, 1.807) is 18.2 Å². The van der Waals surface area contributed by atoms with Crippen LogP contribution in [0, 0.1) is 11.2 Å². The first kappa shape index (κ1) is 22.0. The minimum Gasteiger partial charge on any atom is -0.336 e. The van der Waals surface area contributed by atoms with Gasteiger partial charge >= 0.3 is 6.55 Å². The molecule has 3 N–H and O–H groups in total. The average Bonchev–Trinajstić information content (AvgIpc) is 3.11. The molecule has 1 heterocycles. The largest absolute Gasteiger partial charge is 0.336 e. The predicted octanol–water partition coefficient (Wildman–Crippen LogP) is 5.46. The fraction of sp³-hybridized carbons (Fsp3) is 0.227. The molecule has 0 spiro atoms. The van der Waals surface area contributed by atoms with Crippen LogP contribution in [0.25, 0.3) is 11.3 Å². The number of nitrogens with one attached hydrogen (secondary N) is 3. The number of allylic oxidation sites excluding steroid dienone is 5. The van der Waals surface area contributed by atoms with Crippen LogP contribution in [-0.4, -0.2) is 23.8 Å². The van der Waals surface area contributed by atoms with Crippen molar-refractivity contribution in [1.82, 2.24) is 14.6 Å². The Morgan fingerprint density at radius 2 is 2.13 bits per heavy atom. The van der Waals surface area contributed by atoms with Crippen molar-refractivity contribution in [2.45, 2.75) is 25.9 Å². The molecule has 0 saturated heterocycles. The Morgan fingerprint density at radius 3 is 2.83 bits per heavy atom. The lowest BCUT2D eigenvalue weighted by atomic mass is 10.0. The monoisotopic (exact) mass is 432 g/mol. The van der Waals surface area contributed by atoms with E-state index < -0.39 is 6.55 Å². The van der Waals surface area contributed by atoms with Gasteiger partial charge in [0, 0.05) is 41.2 Å².